The van der Waals surface area contributed by atoms with Crippen LogP contribution in [0.1, 0.15) is 11.6 Å². The predicted octanol–water partition coefficient (Wildman–Crippen LogP) is 2.25. The molecule has 0 amide bonds. The van der Waals surface area contributed by atoms with Crippen LogP contribution in [0.5, 0.6) is 0 Å². The average molecular weight is 302 g/mol. The maximum atomic E-state index is 12.1. The number of hydrogen-bond acceptors (Lipinski definition) is 2. The molecule has 1 rings (SSSR count). The minimum Gasteiger partial charge on any atom is -0.316 e. The van der Waals surface area contributed by atoms with E-state index in [4.69, 9.17) is 5.73 Å². The average Bonchev–Trinajstić information content (AvgIpc) is 2.03. The van der Waals surface area contributed by atoms with Crippen molar-refractivity contribution in [3.05, 3.63) is 27.6 Å². The van der Waals surface area contributed by atoms with Crippen LogP contribution in [-0.2, 0) is 0 Å². The molecule has 0 saturated carbocycles. The van der Waals surface area contributed by atoms with E-state index in [-0.39, 0.29) is 5.56 Å². The second kappa shape index (κ2) is 3.79. The molecule has 1 atom stereocenters. The molecule has 1 unspecified atom stereocenters. The summed E-state index contributed by atoms with van der Waals surface area (Å²) in [5.74, 6) is 0. The van der Waals surface area contributed by atoms with E-state index in [2.05, 4.69) is 4.98 Å². The molecule has 72 valence electrons. The summed E-state index contributed by atoms with van der Waals surface area (Å²) in [5.41, 5.74) is 4.93. The summed E-state index contributed by atoms with van der Waals surface area (Å²) in [4.78, 5) is 3.72. The van der Waals surface area contributed by atoms with Gasteiger partial charge in [0.05, 0.1) is 0 Å². The van der Waals surface area contributed by atoms with E-state index < -0.39 is 12.2 Å². The van der Waals surface area contributed by atoms with Gasteiger partial charge >= 0.3 is 6.18 Å². The highest BCUT2D eigenvalue weighted by Crippen LogP contribution is 2.29. The minimum atomic E-state index is -4.41. The van der Waals surface area contributed by atoms with Crippen molar-refractivity contribution in [1.29, 1.82) is 0 Å². The SMILES string of the molecule is NC(c1ccc(I)nc1)C(F)(F)F. The number of aromatic nitrogens is 1. The first-order chi connectivity index (χ1) is 5.91. The largest absolute Gasteiger partial charge is 0.407 e. The van der Waals surface area contributed by atoms with Gasteiger partial charge in [0.2, 0.25) is 0 Å². The molecule has 0 aliphatic rings. The molecule has 0 aromatic carbocycles. The molecule has 1 aromatic heterocycles. The van der Waals surface area contributed by atoms with Crippen molar-refractivity contribution in [3.63, 3.8) is 0 Å². The number of nitrogens with two attached hydrogens (primary N) is 1. The van der Waals surface area contributed by atoms with Crippen molar-refractivity contribution in [2.45, 2.75) is 12.2 Å². The highest BCUT2D eigenvalue weighted by Gasteiger charge is 2.37. The fourth-order valence-corrected chi connectivity index (χ4v) is 1.08. The summed E-state index contributed by atoms with van der Waals surface area (Å²) in [5, 5.41) is 0. The first-order valence-corrected chi connectivity index (χ1v) is 4.43. The molecule has 0 saturated heterocycles. The number of hydrogen-bond donors (Lipinski definition) is 1. The molecule has 6 heteroatoms. The van der Waals surface area contributed by atoms with Crippen molar-refractivity contribution in [3.8, 4) is 0 Å². The lowest BCUT2D eigenvalue weighted by Gasteiger charge is -2.14. The third-order valence-corrected chi connectivity index (χ3v) is 2.10. The van der Waals surface area contributed by atoms with Gasteiger partial charge in [-0.15, -0.1) is 0 Å². The van der Waals surface area contributed by atoms with Crippen molar-refractivity contribution in [2.24, 2.45) is 5.73 Å². The monoisotopic (exact) mass is 302 g/mol. The predicted molar refractivity (Wildman–Crippen MR) is 49.9 cm³/mol. The molecule has 2 nitrogen and oxygen atoms in total. The Labute approximate surface area is 86.5 Å². The molecular formula is C7H6F3IN2. The van der Waals surface area contributed by atoms with Gasteiger partial charge in [0.15, 0.2) is 0 Å². The zero-order chi connectivity index (χ0) is 10.1. The number of pyridine rings is 1. The van der Waals surface area contributed by atoms with Crippen LogP contribution in [0.3, 0.4) is 0 Å². The zero-order valence-corrected chi connectivity index (χ0v) is 8.50. The van der Waals surface area contributed by atoms with Crippen LogP contribution in [-0.4, -0.2) is 11.2 Å². The Morgan fingerprint density at radius 3 is 2.38 bits per heavy atom. The highest BCUT2D eigenvalue weighted by atomic mass is 127. The third-order valence-electron chi connectivity index (χ3n) is 1.46. The van der Waals surface area contributed by atoms with Crippen LogP contribution in [0.25, 0.3) is 0 Å². The second-order valence-electron chi connectivity index (χ2n) is 2.43. The van der Waals surface area contributed by atoms with Gasteiger partial charge in [-0.1, -0.05) is 6.07 Å². The van der Waals surface area contributed by atoms with Gasteiger partial charge in [-0.3, -0.25) is 0 Å². The molecule has 13 heavy (non-hydrogen) atoms. The van der Waals surface area contributed by atoms with Crippen molar-refractivity contribution in [1.82, 2.24) is 4.98 Å². The lowest BCUT2D eigenvalue weighted by molar-refractivity contribution is -0.149. The minimum absolute atomic E-state index is 0.0204. The van der Waals surface area contributed by atoms with Crippen LogP contribution in [0.2, 0.25) is 0 Å². The fraction of sp³-hybridized carbons (Fsp3) is 0.286. The molecule has 0 bridgehead atoms. The first kappa shape index (κ1) is 10.7. The smallest absolute Gasteiger partial charge is 0.316 e. The van der Waals surface area contributed by atoms with E-state index >= 15 is 0 Å². The number of alkyl halides is 3. The van der Waals surface area contributed by atoms with Gasteiger partial charge in [-0.2, -0.15) is 13.2 Å². The summed E-state index contributed by atoms with van der Waals surface area (Å²) in [7, 11) is 0. The second-order valence-corrected chi connectivity index (χ2v) is 3.54. The van der Waals surface area contributed by atoms with Crippen LogP contribution in [0.15, 0.2) is 18.3 Å². The van der Waals surface area contributed by atoms with Gasteiger partial charge in [0.1, 0.15) is 9.74 Å². The van der Waals surface area contributed by atoms with Crippen LogP contribution >= 0.6 is 22.6 Å². The van der Waals surface area contributed by atoms with E-state index in [0.29, 0.717) is 3.70 Å². The molecule has 0 aliphatic heterocycles. The van der Waals surface area contributed by atoms with Crippen molar-refractivity contribution in [2.75, 3.05) is 0 Å². The number of nitrogens with zero attached hydrogens (tertiary/aromatic N) is 1. The Balaban J connectivity index is 2.90. The summed E-state index contributed by atoms with van der Waals surface area (Å²) in [6.45, 7) is 0. The molecule has 1 aromatic rings. The third kappa shape index (κ3) is 2.80. The van der Waals surface area contributed by atoms with Gasteiger partial charge in [0, 0.05) is 6.20 Å². The van der Waals surface area contributed by atoms with Crippen LogP contribution in [0, 0.1) is 3.70 Å². The van der Waals surface area contributed by atoms with Crippen LogP contribution < -0.4 is 5.73 Å². The van der Waals surface area contributed by atoms with E-state index in [1.54, 1.807) is 0 Å². The van der Waals surface area contributed by atoms with Crippen molar-refractivity contribution >= 4 is 22.6 Å². The van der Waals surface area contributed by atoms with Gasteiger partial charge < -0.3 is 5.73 Å². The van der Waals surface area contributed by atoms with Crippen LogP contribution in [0.4, 0.5) is 13.2 Å². The highest BCUT2D eigenvalue weighted by molar-refractivity contribution is 14.1. The molecular weight excluding hydrogens is 296 g/mol. The fourth-order valence-electron chi connectivity index (χ4n) is 0.760. The summed E-state index contributed by atoms with van der Waals surface area (Å²) in [6.07, 6.45) is -3.27. The Morgan fingerprint density at radius 2 is 2.00 bits per heavy atom. The normalized spacial score (nSPS) is 14.2. The van der Waals surface area contributed by atoms with Gasteiger partial charge in [-0.25, -0.2) is 4.98 Å². The molecule has 0 radical (unpaired) electrons. The summed E-state index contributed by atoms with van der Waals surface area (Å²) >= 11 is 1.91. The first-order valence-electron chi connectivity index (χ1n) is 3.35. The lowest BCUT2D eigenvalue weighted by atomic mass is 10.1. The zero-order valence-electron chi connectivity index (χ0n) is 6.35. The Kier molecular flexibility index (Phi) is 3.12. The molecule has 0 aliphatic carbocycles. The van der Waals surface area contributed by atoms with E-state index in [0.717, 1.165) is 6.20 Å². The van der Waals surface area contributed by atoms with Gasteiger partial charge in [0.25, 0.3) is 0 Å². The lowest BCUT2D eigenvalue weighted by Crippen LogP contribution is -2.28. The standard InChI is InChI=1S/C7H6F3IN2/c8-7(9,10)6(12)4-1-2-5(11)13-3-4/h1-3,6H,12H2. The van der Waals surface area contributed by atoms with E-state index in [1.165, 1.54) is 12.1 Å². The Hall–Kier alpha value is -0.370. The molecule has 1 heterocycles. The van der Waals surface area contributed by atoms with Crippen molar-refractivity contribution < 1.29 is 13.2 Å². The van der Waals surface area contributed by atoms with Gasteiger partial charge in [-0.05, 0) is 34.2 Å². The Morgan fingerprint density at radius 1 is 1.38 bits per heavy atom. The quantitative estimate of drug-likeness (QED) is 0.638. The maximum absolute atomic E-state index is 12.1. The molecule has 0 spiro atoms. The molecule has 0 fully saturated rings. The summed E-state index contributed by atoms with van der Waals surface area (Å²) < 4.78 is 36.9. The number of rotatable bonds is 1. The summed E-state index contributed by atoms with van der Waals surface area (Å²) in [6, 6.07) is 0.867. The van der Waals surface area contributed by atoms with E-state index in [9.17, 15) is 13.2 Å². The molecule has 2 N–H and O–H groups in total. The Bertz CT molecular complexity index is 283. The van der Waals surface area contributed by atoms with E-state index in [1.807, 2.05) is 22.6 Å². The maximum Gasteiger partial charge on any atom is 0.407 e. The topological polar surface area (TPSA) is 38.9 Å². The number of halogens is 4.